The minimum Gasteiger partial charge on any atom is -0.273 e. The molecule has 3 N–H and O–H groups in total. The Bertz CT molecular complexity index is 555. The molecular weight excluding hydrogens is 267 g/mol. The van der Waals surface area contributed by atoms with E-state index in [1.165, 1.54) is 12.1 Å². The van der Waals surface area contributed by atoms with Gasteiger partial charge in [-0.2, -0.15) is 5.10 Å². The number of nitrogens with zero attached hydrogens (tertiary/aromatic N) is 2. The lowest BCUT2D eigenvalue weighted by atomic mass is 10.0. The molecule has 2 aromatic rings. The number of hydrogen-bond acceptors (Lipinski definition) is 3. The van der Waals surface area contributed by atoms with Crippen LogP contribution in [0.25, 0.3) is 0 Å². The van der Waals surface area contributed by atoms with Crippen LogP contribution in [0, 0.1) is 5.82 Å². The van der Waals surface area contributed by atoms with E-state index < -0.39 is 0 Å². The Morgan fingerprint density at radius 3 is 2.84 bits per heavy atom. The lowest BCUT2D eigenvalue weighted by Crippen LogP contribution is -2.28. The highest BCUT2D eigenvalue weighted by Gasteiger charge is 2.14. The van der Waals surface area contributed by atoms with Crippen molar-refractivity contribution in [3.63, 3.8) is 0 Å². The van der Waals surface area contributed by atoms with Gasteiger partial charge in [-0.1, -0.05) is 17.7 Å². The maximum atomic E-state index is 13.0. The molecular formula is C13H16ClFN4. The molecule has 4 nitrogen and oxygen atoms in total. The topological polar surface area (TPSA) is 55.9 Å². The van der Waals surface area contributed by atoms with Gasteiger partial charge in [0.05, 0.1) is 0 Å². The summed E-state index contributed by atoms with van der Waals surface area (Å²) < 4.78 is 14.8. The lowest BCUT2D eigenvalue weighted by molar-refractivity contribution is 0.505. The molecule has 1 unspecified atom stereocenters. The molecule has 0 aliphatic heterocycles. The van der Waals surface area contributed by atoms with E-state index in [2.05, 4.69) is 10.5 Å². The molecule has 0 bridgehead atoms. The zero-order valence-corrected chi connectivity index (χ0v) is 11.4. The van der Waals surface area contributed by atoms with Gasteiger partial charge in [0, 0.05) is 30.0 Å². The Hall–Kier alpha value is -1.43. The van der Waals surface area contributed by atoms with Crippen molar-refractivity contribution in [1.82, 2.24) is 15.2 Å². The fourth-order valence-electron chi connectivity index (χ4n) is 2.05. The molecule has 0 aliphatic carbocycles. The van der Waals surface area contributed by atoms with Gasteiger partial charge in [0.1, 0.15) is 5.82 Å². The van der Waals surface area contributed by atoms with Crippen LogP contribution >= 0.6 is 11.6 Å². The first-order valence-electron chi connectivity index (χ1n) is 5.99. The van der Waals surface area contributed by atoms with Crippen molar-refractivity contribution in [2.24, 2.45) is 12.9 Å². The minimum atomic E-state index is -0.351. The molecule has 0 aliphatic rings. The number of benzene rings is 1. The largest absolute Gasteiger partial charge is 0.273 e. The number of aryl methyl sites for hydroxylation is 2. The van der Waals surface area contributed by atoms with Crippen molar-refractivity contribution in [2.75, 3.05) is 0 Å². The normalized spacial score (nSPS) is 12.6. The highest BCUT2D eigenvalue weighted by molar-refractivity contribution is 6.31. The van der Waals surface area contributed by atoms with Gasteiger partial charge < -0.3 is 0 Å². The van der Waals surface area contributed by atoms with Crippen LogP contribution in [0.5, 0.6) is 0 Å². The summed E-state index contributed by atoms with van der Waals surface area (Å²) in [6, 6.07) is 6.18. The highest BCUT2D eigenvalue weighted by Crippen LogP contribution is 2.26. The molecule has 2 rings (SSSR count). The predicted octanol–water partition coefficient (Wildman–Crippen LogP) is 2.35. The van der Waals surface area contributed by atoms with Crippen LogP contribution in [0.4, 0.5) is 4.39 Å². The van der Waals surface area contributed by atoms with E-state index in [0.29, 0.717) is 5.02 Å². The smallest absolute Gasteiger partial charge is 0.124 e. The first-order chi connectivity index (χ1) is 9.11. The molecule has 0 amide bonds. The quantitative estimate of drug-likeness (QED) is 0.654. The molecule has 0 spiro atoms. The highest BCUT2D eigenvalue weighted by atomic mass is 35.5. The van der Waals surface area contributed by atoms with E-state index >= 15 is 0 Å². The third-order valence-corrected chi connectivity index (χ3v) is 3.48. The summed E-state index contributed by atoms with van der Waals surface area (Å²) in [6.45, 7) is 0. The van der Waals surface area contributed by atoms with E-state index in [9.17, 15) is 4.39 Å². The second-order valence-corrected chi connectivity index (χ2v) is 4.78. The first-order valence-corrected chi connectivity index (χ1v) is 6.37. The summed E-state index contributed by atoms with van der Waals surface area (Å²) in [7, 11) is 1.89. The van der Waals surface area contributed by atoms with Crippen molar-refractivity contribution in [3.8, 4) is 0 Å². The fourth-order valence-corrected chi connectivity index (χ4v) is 2.35. The zero-order valence-electron chi connectivity index (χ0n) is 10.6. The van der Waals surface area contributed by atoms with Crippen molar-refractivity contribution < 1.29 is 4.39 Å². The lowest BCUT2D eigenvalue weighted by Gasteiger charge is -2.17. The molecule has 0 saturated carbocycles. The summed E-state index contributed by atoms with van der Waals surface area (Å²) in [4.78, 5) is 0. The van der Waals surface area contributed by atoms with E-state index in [1.54, 1.807) is 12.3 Å². The summed E-state index contributed by atoms with van der Waals surface area (Å²) >= 11 is 6.04. The van der Waals surface area contributed by atoms with Crippen LogP contribution < -0.4 is 11.3 Å². The third kappa shape index (κ3) is 3.32. The van der Waals surface area contributed by atoms with E-state index in [1.807, 2.05) is 17.8 Å². The second-order valence-electron chi connectivity index (χ2n) is 4.37. The predicted molar refractivity (Wildman–Crippen MR) is 73.0 cm³/mol. The molecule has 1 atom stereocenters. The molecule has 0 radical (unpaired) electrons. The van der Waals surface area contributed by atoms with Crippen LogP contribution in [0.15, 0.2) is 30.5 Å². The molecule has 0 fully saturated rings. The zero-order chi connectivity index (χ0) is 13.8. The van der Waals surface area contributed by atoms with Crippen molar-refractivity contribution >= 4 is 11.6 Å². The van der Waals surface area contributed by atoms with Crippen LogP contribution in [0.1, 0.15) is 23.7 Å². The molecule has 1 heterocycles. The van der Waals surface area contributed by atoms with E-state index in [-0.39, 0.29) is 11.9 Å². The number of rotatable bonds is 5. The van der Waals surface area contributed by atoms with Gasteiger partial charge >= 0.3 is 0 Å². The summed E-state index contributed by atoms with van der Waals surface area (Å²) in [5.41, 5.74) is 4.63. The van der Waals surface area contributed by atoms with Gasteiger partial charge in [0.25, 0.3) is 0 Å². The van der Waals surface area contributed by atoms with Gasteiger partial charge in [-0.25, -0.2) is 4.39 Å². The third-order valence-electron chi connectivity index (χ3n) is 3.15. The van der Waals surface area contributed by atoms with Crippen LogP contribution in [0.3, 0.4) is 0 Å². The molecule has 1 aromatic heterocycles. The average molecular weight is 283 g/mol. The van der Waals surface area contributed by atoms with Crippen LogP contribution in [-0.4, -0.2) is 9.78 Å². The fraction of sp³-hybridized carbons (Fsp3) is 0.308. The molecule has 0 saturated heterocycles. The SMILES string of the molecule is Cn1nccc1CCC(NN)c1ccc(F)cc1Cl. The Balaban J connectivity index is 2.10. The standard InChI is InChI=1S/C13H16ClFN4/c1-19-10(6-7-17-19)3-5-13(18-16)11-4-2-9(15)8-12(11)14/h2,4,6-8,13,18H,3,5,16H2,1H3. The van der Waals surface area contributed by atoms with Gasteiger partial charge in [-0.05, 0) is 36.6 Å². The number of hydrogen-bond donors (Lipinski definition) is 2. The summed E-state index contributed by atoms with van der Waals surface area (Å²) in [6.07, 6.45) is 3.31. The maximum Gasteiger partial charge on any atom is 0.124 e. The number of nitrogens with two attached hydrogens (primary N) is 1. The summed E-state index contributed by atoms with van der Waals surface area (Å²) in [5, 5.41) is 4.49. The van der Waals surface area contributed by atoms with Crippen LogP contribution in [0.2, 0.25) is 5.02 Å². The number of nitrogens with one attached hydrogen (secondary N) is 1. The Morgan fingerprint density at radius 1 is 1.47 bits per heavy atom. The van der Waals surface area contributed by atoms with Gasteiger partial charge in [-0.3, -0.25) is 16.0 Å². The number of halogens is 2. The van der Waals surface area contributed by atoms with Crippen molar-refractivity contribution in [3.05, 3.63) is 52.6 Å². The number of hydrazine groups is 1. The minimum absolute atomic E-state index is 0.122. The molecule has 102 valence electrons. The maximum absolute atomic E-state index is 13.0. The Morgan fingerprint density at radius 2 is 2.26 bits per heavy atom. The second kappa shape index (κ2) is 6.14. The van der Waals surface area contributed by atoms with Gasteiger partial charge in [0.2, 0.25) is 0 Å². The van der Waals surface area contributed by atoms with Crippen LogP contribution in [-0.2, 0) is 13.5 Å². The van der Waals surface area contributed by atoms with Gasteiger partial charge in [-0.15, -0.1) is 0 Å². The molecule has 19 heavy (non-hydrogen) atoms. The van der Waals surface area contributed by atoms with Gasteiger partial charge in [0.15, 0.2) is 0 Å². The molecule has 1 aromatic carbocycles. The monoisotopic (exact) mass is 282 g/mol. The van der Waals surface area contributed by atoms with Crippen molar-refractivity contribution in [2.45, 2.75) is 18.9 Å². The van der Waals surface area contributed by atoms with E-state index in [0.717, 1.165) is 24.1 Å². The molecule has 6 heteroatoms. The van der Waals surface area contributed by atoms with E-state index in [4.69, 9.17) is 17.4 Å². The Labute approximate surface area is 116 Å². The average Bonchev–Trinajstić information content (AvgIpc) is 2.78. The number of aromatic nitrogens is 2. The Kier molecular flexibility index (Phi) is 4.52. The summed E-state index contributed by atoms with van der Waals surface area (Å²) in [5.74, 6) is 5.21. The first kappa shape index (κ1) is 14.0. The van der Waals surface area contributed by atoms with Crippen molar-refractivity contribution in [1.29, 1.82) is 0 Å².